The van der Waals surface area contributed by atoms with E-state index in [9.17, 15) is 26.4 Å². The highest BCUT2D eigenvalue weighted by atomic mass is 79.9. The maximum absolute atomic E-state index is 12.6. The number of nitrogens with one attached hydrogen (secondary N) is 2. The first-order valence-corrected chi connectivity index (χ1v) is 8.76. The van der Waals surface area contributed by atoms with Crippen LogP contribution in [0.25, 0.3) is 0 Å². The third kappa shape index (κ3) is 4.66. The lowest BCUT2D eigenvalue weighted by Crippen LogP contribution is -2.23. The van der Waals surface area contributed by atoms with Gasteiger partial charge in [-0.25, -0.2) is 18.4 Å². The molecule has 0 atom stereocenters. The second kappa shape index (κ2) is 6.96. The van der Waals surface area contributed by atoms with E-state index in [1.54, 1.807) is 0 Å². The Balaban J connectivity index is 2.35. The molecule has 0 saturated carbocycles. The normalized spacial score (nSPS) is 11.9. The van der Waals surface area contributed by atoms with Gasteiger partial charge in [-0.15, -0.1) is 0 Å². The monoisotopic (exact) mass is 438 g/mol. The number of amides is 1. The molecule has 2 N–H and O–H groups in total. The van der Waals surface area contributed by atoms with Crippen molar-refractivity contribution in [3.63, 3.8) is 0 Å². The molecule has 0 radical (unpaired) electrons. The molecule has 1 amide bonds. The molecule has 134 valence electrons. The molecular formula is C13H10BrF3N4O3S. The molecule has 0 unspecified atom stereocenters. The Hall–Kier alpha value is -2.21. The Morgan fingerprint density at radius 3 is 2.48 bits per heavy atom. The number of carbonyl (C=O) groups excluding carboxylic acids is 1. The number of pyridine rings is 2. The van der Waals surface area contributed by atoms with E-state index in [1.807, 2.05) is 0 Å². The van der Waals surface area contributed by atoms with Crippen LogP contribution in [0, 0.1) is 0 Å². The van der Waals surface area contributed by atoms with E-state index in [0.717, 1.165) is 18.3 Å². The zero-order chi connectivity index (χ0) is 18.8. The Morgan fingerprint density at radius 2 is 1.88 bits per heavy atom. The van der Waals surface area contributed by atoms with Gasteiger partial charge in [-0.1, -0.05) is 0 Å². The number of sulfone groups is 1. The number of halogens is 4. The summed E-state index contributed by atoms with van der Waals surface area (Å²) in [5.74, 6) is -0.364. The van der Waals surface area contributed by atoms with Gasteiger partial charge in [0.25, 0.3) is 9.84 Å². The Kier molecular flexibility index (Phi) is 5.32. The van der Waals surface area contributed by atoms with E-state index in [-0.39, 0.29) is 17.5 Å². The molecule has 25 heavy (non-hydrogen) atoms. The molecule has 0 bridgehead atoms. The van der Waals surface area contributed by atoms with Crippen LogP contribution in [0.4, 0.5) is 30.5 Å². The van der Waals surface area contributed by atoms with Crippen LogP contribution in [0.5, 0.6) is 0 Å². The summed E-state index contributed by atoms with van der Waals surface area (Å²) in [6, 6.07) is 4.39. The summed E-state index contributed by atoms with van der Waals surface area (Å²) in [5, 5.41) is 5.10. The van der Waals surface area contributed by atoms with Gasteiger partial charge in [-0.3, -0.25) is 4.79 Å². The lowest BCUT2D eigenvalue weighted by Gasteiger charge is -2.11. The van der Waals surface area contributed by atoms with E-state index < -0.39 is 20.2 Å². The summed E-state index contributed by atoms with van der Waals surface area (Å²) in [6.45, 7) is 1.30. The molecule has 2 aromatic rings. The zero-order valence-corrected chi connectivity index (χ0v) is 14.8. The Morgan fingerprint density at radius 1 is 1.20 bits per heavy atom. The first-order chi connectivity index (χ1) is 11.5. The third-order valence-electron chi connectivity index (χ3n) is 2.72. The van der Waals surface area contributed by atoms with Gasteiger partial charge in [0.15, 0.2) is 0 Å². The fourth-order valence-corrected chi connectivity index (χ4v) is 2.96. The minimum atomic E-state index is -5.49. The van der Waals surface area contributed by atoms with Crippen molar-refractivity contribution in [2.45, 2.75) is 17.3 Å². The number of aromatic nitrogens is 2. The largest absolute Gasteiger partial charge is 0.501 e. The van der Waals surface area contributed by atoms with Gasteiger partial charge in [0.2, 0.25) is 5.91 Å². The van der Waals surface area contributed by atoms with Gasteiger partial charge in [-0.2, -0.15) is 13.2 Å². The average Bonchev–Trinajstić information content (AvgIpc) is 2.44. The quantitative estimate of drug-likeness (QED) is 0.710. The molecule has 7 nitrogen and oxygen atoms in total. The molecule has 2 aromatic heterocycles. The third-order valence-corrected chi connectivity index (χ3v) is 4.61. The van der Waals surface area contributed by atoms with Crippen molar-refractivity contribution in [3.05, 3.63) is 35.1 Å². The molecule has 0 aliphatic rings. The van der Waals surface area contributed by atoms with E-state index in [4.69, 9.17) is 0 Å². The van der Waals surface area contributed by atoms with Crippen LogP contribution in [-0.4, -0.2) is 29.8 Å². The first kappa shape index (κ1) is 19.1. The topological polar surface area (TPSA) is 101 Å². The van der Waals surface area contributed by atoms with Crippen molar-refractivity contribution in [1.82, 2.24) is 9.97 Å². The molecule has 0 aromatic carbocycles. The Labute approximate surface area is 148 Å². The standard InChI is InChI=1S/C13H10BrF3N4O3S/c1-7(22)19-8-4-10(14)20-12(5-8)21-11-6-9(2-3-18-11)25(23,24)13(15,16)17/h2-6H,1H3,(H2,18,19,20,21,22). The molecular weight excluding hydrogens is 429 g/mol. The van der Waals surface area contributed by atoms with Crippen molar-refractivity contribution in [2.24, 2.45) is 0 Å². The van der Waals surface area contributed by atoms with Gasteiger partial charge in [0.1, 0.15) is 16.2 Å². The molecule has 0 saturated heterocycles. The summed E-state index contributed by atoms with van der Waals surface area (Å²) in [7, 11) is -5.49. The van der Waals surface area contributed by atoms with Crippen LogP contribution < -0.4 is 10.6 Å². The summed E-state index contributed by atoms with van der Waals surface area (Å²) in [6.07, 6.45) is 0.924. The van der Waals surface area contributed by atoms with E-state index in [1.165, 1.54) is 19.1 Å². The van der Waals surface area contributed by atoms with Crippen LogP contribution in [-0.2, 0) is 14.6 Å². The second-order valence-electron chi connectivity index (χ2n) is 4.70. The van der Waals surface area contributed by atoms with Gasteiger partial charge in [0, 0.05) is 24.9 Å². The number of hydrogen-bond acceptors (Lipinski definition) is 6. The number of hydrogen-bond donors (Lipinski definition) is 2. The highest BCUT2D eigenvalue weighted by molar-refractivity contribution is 9.10. The van der Waals surface area contributed by atoms with Crippen LogP contribution in [0.15, 0.2) is 40.0 Å². The maximum atomic E-state index is 12.6. The average molecular weight is 439 g/mol. The highest BCUT2D eigenvalue weighted by Gasteiger charge is 2.47. The second-order valence-corrected chi connectivity index (χ2v) is 7.45. The van der Waals surface area contributed by atoms with E-state index in [0.29, 0.717) is 10.3 Å². The van der Waals surface area contributed by atoms with Crippen LogP contribution in [0.2, 0.25) is 0 Å². The number of nitrogens with zero attached hydrogens (tertiary/aromatic N) is 2. The summed E-state index contributed by atoms with van der Waals surface area (Å²) in [4.78, 5) is 17.9. The zero-order valence-electron chi connectivity index (χ0n) is 12.4. The van der Waals surface area contributed by atoms with E-state index in [2.05, 4.69) is 36.5 Å². The smallest absolute Gasteiger partial charge is 0.326 e. The van der Waals surface area contributed by atoms with Crippen molar-refractivity contribution in [1.29, 1.82) is 0 Å². The predicted molar refractivity (Wildman–Crippen MR) is 87.0 cm³/mol. The van der Waals surface area contributed by atoms with Gasteiger partial charge in [-0.05, 0) is 34.1 Å². The van der Waals surface area contributed by atoms with Crippen molar-refractivity contribution < 1.29 is 26.4 Å². The summed E-state index contributed by atoms with van der Waals surface area (Å²) in [5.41, 5.74) is -5.05. The predicted octanol–water partition coefficient (Wildman–Crippen LogP) is 3.23. The van der Waals surface area contributed by atoms with Crippen molar-refractivity contribution in [3.8, 4) is 0 Å². The van der Waals surface area contributed by atoms with Crippen LogP contribution in [0.1, 0.15) is 6.92 Å². The van der Waals surface area contributed by atoms with Crippen molar-refractivity contribution in [2.75, 3.05) is 10.6 Å². The molecule has 0 aliphatic heterocycles. The van der Waals surface area contributed by atoms with Crippen LogP contribution >= 0.6 is 15.9 Å². The van der Waals surface area contributed by atoms with E-state index >= 15 is 0 Å². The van der Waals surface area contributed by atoms with Gasteiger partial charge in [0.05, 0.1) is 4.90 Å². The van der Waals surface area contributed by atoms with Crippen LogP contribution in [0.3, 0.4) is 0 Å². The summed E-state index contributed by atoms with van der Waals surface area (Å²) >= 11 is 3.12. The minimum absolute atomic E-state index is 0.132. The number of rotatable bonds is 4. The lowest BCUT2D eigenvalue weighted by molar-refractivity contribution is -0.114. The SMILES string of the molecule is CC(=O)Nc1cc(Br)nc(Nc2cc(S(=O)(=O)C(F)(F)F)ccn2)c1. The lowest BCUT2D eigenvalue weighted by atomic mass is 10.3. The van der Waals surface area contributed by atoms with Crippen molar-refractivity contribution >= 4 is 49.0 Å². The molecule has 2 heterocycles. The van der Waals surface area contributed by atoms with Gasteiger partial charge < -0.3 is 10.6 Å². The number of anilines is 3. The first-order valence-electron chi connectivity index (χ1n) is 6.48. The highest BCUT2D eigenvalue weighted by Crippen LogP contribution is 2.31. The fourth-order valence-electron chi connectivity index (χ4n) is 1.75. The molecule has 12 heteroatoms. The molecule has 2 rings (SSSR count). The molecule has 0 spiro atoms. The molecule has 0 aliphatic carbocycles. The number of alkyl halides is 3. The maximum Gasteiger partial charge on any atom is 0.501 e. The van der Waals surface area contributed by atoms with Gasteiger partial charge >= 0.3 is 5.51 Å². The summed E-state index contributed by atoms with van der Waals surface area (Å²) < 4.78 is 61.1. The molecule has 0 fully saturated rings. The Bertz CT molecular complexity index is 919. The number of carbonyl (C=O) groups is 1. The fraction of sp³-hybridized carbons (Fsp3) is 0.154. The minimum Gasteiger partial charge on any atom is -0.326 e.